The molecule has 0 atom stereocenters. The molecule has 3 rings (SSSR count). The zero-order valence-electron chi connectivity index (χ0n) is 15.1. The first-order valence-corrected chi connectivity index (χ1v) is 8.67. The molecule has 2 aromatic rings. The molecule has 0 spiro atoms. The molecule has 0 aliphatic carbocycles. The molecule has 8 heteroatoms. The van der Waals surface area contributed by atoms with Gasteiger partial charge < -0.3 is 19.1 Å². The van der Waals surface area contributed by atoms with Crippen molar-refractivity contribution in [3.63, 3.8) is 0 Å². The number of rotatable bonds is 7. The van der Waals surface area contributed by atoms with Crippen LogP contribution in [0, 0.1) is 0 Å². The average molecular weight is 357 g/mol. The van der Waals surface area contributed by atoms with E-state index in [1.165, 1.54) is 0 Å². The Hall–Kier alpha value is -2.74. The van der Waals surface area contributed by atoms with E-state index >= 15 is 0 Å². The molecule has 8 nitrogen and oxygen atoms in total. The zero-order chi connectivity index (χ0) is 18.5. The van der Waals surface area contributed by atoms with Gasteiger partial charge in [0.25, 0.3) is 11.8 Å². The molecule has 0 N–H and O–H groups in total. The van der Waals surface area contributed by atoms with Crippen LogP contribution in [0.4, 0.5) is 0 Å². The zero-order valence-corrected chi connectivity index (χ0v) is 15.1. The quantitative estimate of drug-likeness (QED) is 0.740. The third-order valence-electron chi connectivity index (χ3n) is 4.44. The number of fused-ring (bicyclic) bond motifs is 1. The van der Waals surface area contributed by atoms with E-state index in [1.54, 1.807) is 40.1 Å². The van der Waals surface area contributed by atoms with Crippen LogP contribution in [-0.4, -0.2) is 69.5 Å². The van der Waals surface area contributed by atoms with Crippen molar-refractivity contribution in [3.05, 3.63) is 47.8 Å². The second kappa shape index (κ2) is 8.09. The normalized spacial score (nSPS) is 13.6. The van der Waals surface area contributed by atoms with E-state index in [4.69, 9.17) is 4.74 Å². The van der Waals surface area contributed by atoms with E-state index in [-0.39, 0.29) is 11.8 Å². The molecule has 0 bridgehead atoms. The van der Waals surface area contributed by atoms with Gasteiger partial charge in [-0.05, 0) is 24.6 Å². The Morgan fingerprint density at radius 1 is 1.31 bits per heavy atom. The maximum absolute atomic E-state index is 12.8. The molecule has 26 heavy (non-hydrogen) atoms. The number of pyridine rings is 1. The average Bonchev–Trinajstić information content (AvgIpc) is 3.11. The molecule has 0 aromatic carbocycles. The number of carbonyl (C=O) groups excluding carboxylic acids is 2. The molecule has 0 saturated carbocycles. The maximum Gasteiger partial charge on any atom is 0.290 e. The van der Waals surface area contributed by atoms with Gasteiger partial charge >= 0.3 is 0 Å². The Kier molecular flexibility index (Phi) is 5.62. The minimum atomic E-state index is -0.178. The van der Waals surface area contributed by atoms with Gasteiger partial charge in [0.1, 0.15) is 5.69 Å². The summed E-state index contributed by atoms with van der Waals surface area (Å²) in [5.74, 6) is -0.0253. The lowest BCUT2D eigenvalue weighted by molar-refractivity contribution is 0.0633. The first-order valence-electron chi connectivity index (χ1n) is 8.67. The molecule has 0 radical (unpaired) electrons. The van der Waals surface area contributed by atoms with E-state index < -0.39 is 0 Å². The Labute approximate surface area is 152 Å². The Bertz CT molecular complexity index is 774. The van der Waals surface area contributed by atoms with Crippen molar-refractivity contribution in [2.24, 2.45) is 0 Å². The third-order valence-corrected chi connectivity index (χ3v) is 4.44. The van der Waals surface area contributed by atoms with Crippen LogP contribution in [0.25, 0.3) is 0 Å². The fourth-order valence-corrected chi connectivity index (χ4v) is 2.94. The van der Waals surface area contributed by atoms with Crippen LogP contribution in [0.2, 0.25) is 0 Å². The minimum Gasteiger partial charge on any atom is -0.383 e. The molecular weight excluding hydrogens is 334 g/mol. The van der Waals surface area contributed by atoms with Crippen LogP contribution >= 0.6 is 0 Å². The van der Waals surface area contributed by atoms with Crippen molar-refractivity contribution >= 4 is 11.8 Å². The summed E-state index contributed by atoms with van der Waals surface area (Å²) in [7, 11) is 1.61. The molecule has 1 aliphatic rings. The van der Waals surface area contributed by atoms with Crippen molar-refractivity contribution < 1.29 is 14.3 Å². The molecule has 1 aliphatic heterocycles. The second-order valence-corrected chi connectivity index (χ2v) is 6.10. The fourth-order valence-electron chi connectivity index (χ4n) is 2.94. The third kappa shape index (κ3) is 3.75. The highest BCUT2D eigenvalue weighted by Gasteiger charge is 2.29. The minimum absolute atomic E-state index is 0.162. The van der Waals surface area contributed by atoms with Gasteiger partial charge in [0, 0.05) is 58.4 Å². The number of carbonyl (C=O) groups is 2. The number of aromatic nitrogens is 3. The summed E-state index contributed by atoms with van der Waals surface area (Å²) in [4.78, 5) is 37.1. The van der Waals surface area contributed by atoms with Gasteiger partial charge in [-0.15, -0.1) is 0 Å². The van der Waals surface area contributed by atoms with Gasteiger partial charge in [-0.1, -0.05) is 0 Å². The van der Waals surface area contributed by atoms with Crippen LogP contribution in [0.5, 0.6) is 0 Å². The lowest BCUT2D eigenvalue weighted by Crippen LogP contribution is -2.42. The smallest absolute Gasteiger partial charge is 0.290 e. The summed E-state index contributed by atoms with van der Waals surface area (Å²) >= 11 is 0. The number of nitrogens with zero attached hydrogens (tertiary/aromatic N) is 5. The van der Waals surface area contributed by atoms with Crippen molar-refractivity contribution in [2.45, 2.75) is 20.0 Å². The van der Waals surface area contributed by atoms with Crippen LogP contribution in [0.15, 0.2) is 30.7 Å². The number of methoxy groups -OCH3 is 1. The van der Waals surface area contributed by atoms with Gasteiger partial charge in [0.05, 0.1) is 6.61 Å². The van der Waals surface area contributed by atoms with Gasteiger partial charge in [-0.25, -0.2) is 4.98 Å². The van der Waals surface area contributed by atoms with Crippen LogP contribution in [-0.2, 0) is 17.8 Å². The van der Waals surface area contributed by atoms with E-state index in [2.05, 4.69) is 9.97 Å². The molecule has 0 fully saturated rings. The van der Waals surface area contributed by atoms with Gasteiger partial charge in [-0.3, -0.25) is 14.6 Å². The first kappa shape index (κ1) is 18.1. The Balaban J connectivity index is 1.76. The summed E-state index contributed by atoms with van der Waals surface area (Å²) < 4.78 is 6.80. The van der Waals surface area contributed by atoms with Gasteiger partial charge in [0.15, 0.2) is 5.82 Å². The number of ether oxygens (including phenoxy) is 1. The summed E-state index contributed by atoms with van der Waals surface area (Å²) in [6.07, 6.45) is 5.09. The summed E-state index contributed by atoms with van der Waals surface area (Å²) in [5.41, 5.74) is 1.30. The Morgan fingerprint density at radius 2 is 2.08 bits per heavy atom. The number of imidazole rings is 1. The van der Waals surface area contributed by atoms with E-state index in [1.807, 2.05) is 19.1 Å². The largest absolute Gasteiger partial charge is 0.383 e. The highest BCUT2D eigenvalue weighted by molar-refractivity contribution is 5.96. The number of hydrogen-bond acceptors (Lipinski definition) is 5. The monoisotopic (exact) mass is 357 g/mol. The van der Waals surface area contributed by atoms with Crippen LogP contribution < -0.4 is 0 Å². The van der Waals surface area contributed by atoms with Crippen molar-refractivity contribution in [2.75, 3.05) is 33.4 Å². The molecule has 3 heterocycles. The van der Waals surface area contributed by atoms with Crippen molar-refractivity contribution in [1.29, 1.82) is 0 Å². The first-order chi connectivity index (χ1) is 12.6. The van der Waals surface area contributed by atoms with Crippen LogP contribution in [0.3, 0.4) is 0 Å². The maximum atomic E-state index is 12.8. The summed E-state index contributed by atoms with van der Waals surface area (Å²) in [5, 5.41) is 0. The molecule has 0 unspecified atom stereocenters. The van der Waals surface area contributed by atoms with Crippen molar-refractivity contribution in [3.8, 4) is 0 Å². The van der Waals surface area contributed by atoms with Gasteiger partial charge in [0.2, 0.25) is 0 Å². The fraction of sp³-hybridized carbons (Fsp3) is 0.444. The molecule has 138 valence electrons. The predicted octanol–water partition coefficient (Wildman–Crippen LogP) is 1.04. The predicted molar refractivity (Wildman–Crippen MR) is 94.7 cm³/mol. The highest BCUT2D eigenvalue weighted by Crippen LogP contribution is 2.15. The molecule has 2 aromatic heterocycles. The van der Waals surface area contributed by atoms with E-state index in [0.717, 1.165) is 5.56 Å². The molecular formula is C18H23N5O3. The Morgan fingerprint density at radius 3 is 2.77 bits per heavy atom. The van der Waals surface area contributed by atoms with E-state index in [9.17, 15) is 9.59 Å². The summed E-state index contributed by atoms with van der Waals surface area (Å²) in [6.45, 7) is 5.18. The number of amides is 2. The van der Waals surface area contributed by atoms with E-state index in [0.29, 0.717) is 50.8 Å². The lowest BCUT2D eigenvalue weighted by Gasteiger charge is -2.26. The molecule has 0 saturated heterocycles. The topological polar surface area (TPSA) is 80.6 Å². The molecule has 2 amide bonds. The standard InChI is InChI=1S/C18H23N5O3/c1-3-21(12-14-4-6-19-7-5-14)17(24)15-13-23-9-8-22(10-11-26-2)18(25)16(23)20-15/h4-7,13H,3,8-12H2,1-2H3. The second-order valence-electron chi connectivity index (χ2n) is 6.10. The lowest BCUT2D eigenvalue weighted by atomic mass is 10.2. The summed E-state index contributed by atoms with van der Waals surface area (Å²) in [6, 6.07) is 3.76. The van der Waals surface area contributed by atoms with Gasteiger partial charge in [-0.2, -0.15) is 0 Å². The highest BCUT2D eigenvalue weighted by atomic mass is 16.5. The SMILES string of the molecule is CCN(Cc1ccncc1)C(=O)c1cn2c(n1)C(=O)N(CCOC)CC2. The van der Waals surface area contributed by atoms with Crippen LogP contribution in [0.1, 0.15) is 33.6 Å². The van der Waals surface area contributed by atoms with Crippen molar-refractivity contribution in [1.82, 2.24) is 24.3 Å². The number of hydrogen-bond donors (Lipinski definition) is 0.